The van der Waals surface area contributed by atoms with Crippen molar-refractivity contribution in [2.75, 3.05) is 6.54 Å². The number of aliphatic imine (C=N–C) groups is 1. The fourth-order valence-corrected chi connectivity index (χ4v) is 0.846. The van der Waals surface area contributed by atoms with Gasteiger partial charge in [-0.3, -0.25) is 0 Å². The van der Waals surface area contributed by atoms with E-state index < -0.39 is 10.3 Å². The first kappa shape index (κ1) is 9.49. The summed E-state index contributed by atoms with van der Waals surface area (Å²) in [6, 6.07) is 0. The highest BCUT2D eigenvalue weighted by molar-refractivity contribution is 7.78. The Bertz CT molecular complexity index is 241. The Morgan fingerprint density at radius 2 is 2.30 bits per heavy atom. The molecular formula is C5H7NO2S2. The zero-order chi connectivity index (χ0) is 7.82. The minimum Gasteiger partial charge on any atom is -0.233 e. The Hall–Kier alpha value is -0.510. The summed E-state index contributed by atoms with van der Waals surface area (Å²) in [5.41, 5.74) is 0. The van der Waals surface area contributed by atoms with Crippen molar-refractivity contribution >= 4 is 33.0 Å². The van der Waals surface area contributed by atoms with Crippen molar-refractivity contribution in [1.29, 1.82) is 0 Å². The molecule has 10 heavy (non-hydrogen) atoms. The van der Waals surface area contributed by atoms with Crippen molar-refractivity contribution in [3.63, 3.8) is 0 Å². The van der Waals surface area contributed by atoms with Crippen molar-refractivity contribution in [1.82, 2.24) is 0 Å². The van der Waals surface area contributed by atoms with Gasteiger partial charge in [-0.15, -0.1) is 0 Å². The predicted molar refractivity (Wildman–Crippen MR) is 44.1 cm³/mol. The van der Waals surface area contributed by atoms with E-state index in [9.17, 15) is 8.42 Å². The van der Waals surface area contributed by atoms with Crippen LogP contribution >= 0.6 is 12.2 Å². The number of nitrogens with zero attached hydrogens (tertiary/aromatic N) is 1. The average Bonchev–Trinajstić information content (AvgIpc) is 1.87. The third-order valence-electron chi connectivity index (χ3n) is 0.793. The van der Waals surface area contributed by atoms with Crippen LogP contribution in [0, 0.1) is 0 Å². The Morgan fingerprint density at radius 1 is 1.60 bits per heavy atom. The summed E-state index contributed by atoms with van der Waals surface area (Å²) in [7, 11) is -2.03. The molecular weight excluding hydrogens is 170 g/mol. The van der Waals surface area contributed by atoms with Gasteiger partial charge in [0.15, 0.2) is 0 Å². The number of unbranched alkanes of at least 4 members (excludes halogenated alkanes) is 1. The number of hydrogen-bond donors (Lipinski definition) is 0. The lowest BCUT2D eigenvalue weighted by Crippen LogP contribution is -1.81. The van der Waals surface area contributed by atoms with E-state index in [1.807, 2.05) is 0 Å². The van der Waals surface area contributed by atoms with E-state index in [1.165, 1.54) is 5.37 Å². The quantitative estimate of drug-likeness (QED) is 0.358. The molecule has 0 aliphatic rings. The molecule has 0 aliphatic heterocycles. The molecule has 56 valence electrons. The van der Waals surface area contributed by atoms with Crippen molar-refractivity contribution in [3.05, 3.63) is 0 Å². The van der Waals surface area contributed by atoms with Crippen LogP contribution in [0.4, 0.5) is 0 Å². The van der Waals surface area contributed by atoms with E-state index in [4.69, 9.17) is 0 Å². The van der Waals surface area contributed by atoms with Gasteiger partial charge in [0.1, 0.15) is 0 Å². The van der Waals surface area contributed by atoms with Crippen molar-refractivity contribution in [2.45, 2.75) is 12.8 Å². The minimum absolute atomic E-state index is 0.524. The first-order chi connectivity index (χ1) is 4.77. The number of thiocarbonyl (C=S) groups is 1. The lowest BCUT2D eigenvalue weighted by atomic mass is 10.3. The van der Waals surface area contributed by atoms with Crippen LogP contribution in [-0.2, 0) is 10.3 Å². The first-order valence-electron chi connectivity index (χ1n) is 2.72. The second kappa shape index (κ2) is 6.61. The summed E-state index contributed by atoms with van der Waals surface area (Å²) >= 11 is 4.30. The predicted octanol–water partition coefficient (Wildman–Crippen LogP) is 0.551. The zero-order valence-electron chi connectivity index (χ0n) is 5.28. The van der Waals surface area contributed by atoms with Gasteiger partial charge in [0.05, 0.1) is 5.16 Å². The van der Waals surface area contributed by atoms with Crippen molar-refractivity contribution < 1.29 is 8.42 Å². The fourth-order valence-electron chi connectivity index (χ4n) is 0.396. The Morgan fingerprint density at radius 3 is 2.80 bits per heavy atom. The van der Waals surface area contributed by atoms with Crippen LogP contribution in [0.15, 0.2) is 4.99 Å². The summed E-state index contributed by atoms with van der Waals surface area (Å²) in [6.45, 7) is 0.553. The Kier molecular flexibility index (Phi) is 6.27. The van der Waals surface area contributed by atoms with Crippen molar-refractivity contribution in [2.24, 2.45) is 4.99 Å². The number of hydrogen-bond acceptors (Lipinski definition) is 4. The molecule has 5 heteroatoms. The lowest BCUT2D eigenvalue weighted by Gasteiger charge is -1.82. The van der Waals surface area contributed by atoms with Gasteiger partial charge in [-0.25, -0.2) is 4.99 Å². The highest BCUT2D eigenvalue weighted by Gasteiger charge is 1.80. The fraction of sp³-hybridized carbons (Fsp3) is 0.600. The average molecular weight is 177 g/mol. The molecule has 0 atom stereocenters. The largest absolute Gasteiger partial charge is 0.233 e. The normalized spacial score (nSPS) is 8.00. The van der Waals surface area contributed by atoms with Gasteiger partial charge in [0, 0.05) is 11.9 Å². The highest BCUT2D eigenvalue weighted by atomic mass is 32.2. The van der Waals surface area contributed by atoms with Gasteiger partial charge >= 0.3 is 0 Å². The second-order valence-electron chi connectivity index (χ2n) is 1.54. The second-order valence-corrected chi connectivity index (χ2v) is 2.58. The third kappa shape index (κ3) is 7.49. The molecule has 0 unspecified atom stereocenters. The molecule has 0 aromatic heterocycles. The SMILES string of the molecule is O=S(=O)=CCCCN=C=S. The topological polar surface area (TPSA) is 46.5 Å². The molecule has 0 saturated carbocycles. The molecule has 0 heterocycles. The molecule has 0 N–H and O–H groups in total. The van der Waals surface area contributed by atoms with Crippen LogP contribution in [0.5, 0.6) is 0 Å². The molecule has 0 rings (SSSR count). The molecule has 3 nitrogen and oxygen atoms in total. The molecule has 0 amide bonds. The molecule has 0 aromatic rings. The first-order valence-corrected chi connectivity index (χ1v) is 4.27. The molecule has 0 aromatic carbocycles. The summed E-state index contributed by atoms with van der Waals surface area (Å²) < 4.78 is 19.8. The summed E-state index contributed by atoms with van der Waals surface area (Å²) in [4.78, 5) is 3.61. The van der Waals surface area contributed by atoms with Crippen LogP contribution in [0.3, 0.4) is 0 Å². The molecule has 0 aliphatic carbocycles. The van der Waals surface area contributed by atoms with Crippen LogP contribution in [-0.4, -0.2) is 25.5 Å². The summed E-state index contributed by atoms with van der Waals surface area (Å²) in [5, 5.41) is 3.40. The highest BCUT2D eigenvalue weighted by Crippen LogP contribution is 1.83. The summed E-state index contributed by atoms with van der Waals surface area (Å²) in [6.07, 6.45) is 1.23. The maximum absolute atomic E-state index is 9.91. The number of rotatable bonds is 4. The Balaban J connectivity index is 3.39. The monoisotopic (exact) mass is 177 g/mol. The van der Waals surface area contributed by atoms with Crippen LogP contribution in [0.2, 0.25) is 0 Å². The minimum atomic E-state index is -2.03. The third-order valence-corrected chi connectivity index (χ3v) is 1.43. The molecule has 0 radical (unpaired) electrons. The van der Waals surface area contributed by atoms with E-state index in [1.54, 1.807) is 0 Å². The summed E-state index contributed by atoms with van der Waals surface area (Å²) in [5.74, 6) is 0. The van der Waals surface area contributed by atoms with Gasteiger partial charge < -0.3 is 0 Å². The van der Waals surface area contributed by atoms with Crippen LogP contribution in [0.1, 0.15) is 12.8 Å². The lowest BCUT2D eigenvalue weighted by molar-refractivity contribution is 0.627. The maximum atomic E-state index is 9.91. The number of isothiocyanates is 1. The maximum Gasteiger partial charge on any atom is 0.209 e. The van der Waals surface area contributed by atoms with Gasteiger partial charge in [-0.2, -0.15) is 8.42 Å². The van der Waals surface area contributed by atoms with Crippen LogP contribution < -0.4 is 0 Å². The van der Waals surface area contributed by atoms with E-state index >= 15 is 0 Å². The van der Waals surface area contributed by atoms with E-state index in [0.717, 1.165) is 0 Å². The molecule has 0 saturated heterocycles. The molecule has 0 bridgehead atoms. The van der Waals surface area contributed by atoms with Gasteiger partial charge in [0.2, 0.25) is 10.3 Å². The Labute approximate surface area is 66.3 Å². The van der Waals surface area contributed by atoms with E-state index in [0.29, 0.717) is 19.4 Å². The van der Waals surface area contributed by atoms with E-state index in [2.05, 4.69) is 22.4 Å². The van der Waals surface area contributed by atoms with Gasteiger partial charge in [0.25, 0.3) is 0 Å². The van der Waals surface area contributed by atoms with Crippen LogP contribution in [0.25, 0.3) is 0 Å². The molecule has 0 fully saturated rings. The smallest absolute Gasteiger partial charge is 0.209 e. The van der Waals surface area contributed by atoms with Gasteiger partial charge in [-0.05, 0) is 25.1 Å². The molecule has 0 spiro atoms. The van der Waals surface area contributed by atoms with Crippen molar-refractivity contribution in [3.8, 4) is 0 Å². The van der Waals surface area contributed by atoms with Gasteiger partial charge in [-0.1, -0.05) is 0 Å². The zero-order valence-corrected chi connectivity index (χ0v) is 6.91. The standard InChI is InChI=1S/C5H7NO2S2/c7-10(8)4-2-1-3-6-5-9/h4H,1-3H2. The van der Waals surface area contributed by atoms with E-state index in [-0.39, 0.29) is 0 Å².